The average molecular weight is 311 g/mol. The quantitative estimate of drug-likeness (QED) is 0.794. The Labute approximate surface area is 129 Å². The molecule has 5 nitrogen and oxygen atoms in total. The third-order valence-electron chi connectivity index (χ3n) is 3.21. The molecule has 0 heterocycles. The first-order valence-corrected chi connectivity index (χ1v) is 7.78. The number of aliphatic carboxylic acids is 1. The fourth-order valence-corrected chi connectivity index (χ4v) is 2.56. The van der Waals surface area contributed by atoms with Crippen molar-refractivity contribution in [1.82, 2.24) is 4.90 Å². The van der Waals surface area contributed by atoms with Crippen molar-refractivity contribution in [2.24, 2.45) is 0 Å². The molecule has 0 spiro atoms. The van der Waals surface area contributed by atoms with E-state index in [-0.39, 0.29) is 23.5 Å². The number of nitrogens with zero attached hydrogens (tertiary/aromatic N) is 1. The first-order valence-electron chi connectivity index (χ1n) is 6.62. The Bertz CT molecular complexity index is 492. The number of carboxylic acids is 1. The summed E-state index contributed by atoms with van der Waals surface area (Å²) in [6.07, 6.45) is 0.690. The number of likely N-dealkylation sites (N-methyl/N-ethyl adjacent to an activating group) is 1. The van der Waals surface area contributed by atoms with Gasteiger partial charge in [-0.2, -0.15) is 0 Å². The topological polar surface area (TPSA) is 66.8 Å². The number of methoxy groups -OCH3 is 1. The summed E-state index contributed by atoms with van der Waals surface area (Å²) in [6.45, 7) is 1.96. The van der Waals surface area contributed by atoms with Gasteiger partial charge in [0, 0.05) is 13.1 Å². The minimum absolute atomic E-state index is 0.0132. The SMILES string of the molecule is COc1ccccc1CC(C)N(C)C(=O)CSCC(=O)O. The van der Waals surface area contributed by atoms with Gasteiger partial charge in [0.25, 0.3) is 0 Å². The van der Waals surface area contributed by atoms with Crippen molar-refractivity contribution in [2.45, 2.75) is 19.4 Å². The number of hydrogen-bond acceptors (Lipinski definition) is 4. The normalized spacial score (nSPS) is 11.8. The van der Waals surface area contributed by atoms with E-state index in [1.54, 1.807) is 19.1 Å². The van der Waals surface area contributed by atoms with Crippen molar-refractivity contribution >= 4 is 23.6 Å². The van der Waals surface area contributed by atoms with Crippen LogP contribution < -0.4 is 4.74 Å². The molecule has 1 N–H and O–H groups in total. The van der Waals surface area contributed by atoms with E-state index in [1.165, 1.54) is 0 Å². The Balaban J connectivity index is 2.55. The highest BCUT2D eigenvalue weighted by atomic mass is 32.2. The summed E-state index contributed by atoms with van der Waals surface area (Å²) in [7, 11) is 3.37. The predicted octanol–water partition coefficient (Wildman–Crippen LogP) is 1.90. The van der Waals surface area contributed by atoms with Gasteiger partial charge < -0.3 is 14.7 Å². The van der Waals surface area contributed by atoms with E-state index in [2.05, 4.69) is 0 Å². The third kappa shape index (κ3) is 5.67. The van der Waals surface area contributed by atoms with Gasteiger partial charge in [-0.25, -0.2) is 0 Å². The number of hydrogen-bond donors (Lipinski definition) is 1. The van der Waals surface area contributed by atoms with E-state index in [9.17, 15) is 9.59 Å². The van der Waals surface area contributed by atoms with Crippen LogP contribution in [0.5, 0.6) is 5.75 Å². The van der Waals surface area contributed by atoms with Crippen LogP contribution in [0.1, 0.15) is 12.5 Å². The number of rotatable bonds is 8. The molecule has 6 heteroatoms. The van der Waals surface area contributed by atoms with Crippen LogP contribution in [0.15, 0.2) is 24.3 Å². The van der Waals surface area contributed by atoms with Crippen LogP contribution in [0.25, 0.3) is 0 Å². The molecule has 1 amide bonds. The molecule has 116 valence electrons. The van der Waals surface area contributed by atoms with Crippen molar-refractivity contribution in [1.29, 1.82) is 0 Å². The summed E-state index contributed by atoms with van der Waals surface area (Å²) >= 11 is 1.11. The van der Waals surface area contributed by atoms with Crippen LogP contribution in [0.3, 0.4) is 0 Å². The maximum Gasteiger partial charge on any atom is 0.313 e. The second-order valence-electron chi connectivity index (χ2n) is 4.76. The number of carbonyl (C=O) groups is 2. The van der Waals surface area contributed by atoms with Crippen LogP contribution in [0.2, 0.25) is 0 Å². The zero-order valence-electron chi connectivity index (χ0n) is 12.5. The Hall–Kier alpha value is -1.69. The van der Waals surface area contributed by atoms with Crippen molar-refractivity contribution in [3.8, 4) is 5.75 Å². The van der Waals surface area contributed by atoms with Crippen molar-refractivity contribution < 1.29 is 19.4 Å². The largest absolute Gasteiger partial charge is 0.496 e. The summed E-state index contributed by atoms with van der Waals surface area (Å²) in [5.74, 6) is -0.0360. The molecule has 1 aromatic carbocycles. The molecule has 0 bridgehead atoms. The smallest absolute Gasteiger partial charge is 0.313 e. The van der Waals surface area contributed by atoms with E-state index in [0.717, 1.165) is 23.1 Å². The number of carbonyl (C=O) groups excluding carboxylic acids is 1. The molecule has 0 aliphatic carbocycles. The summed E-state index contributed by atoms with van der Waals surface area (Å²) in [5, 5.41) is 8.57. The standard InChI is InChI=1S/C15H21NO4S/c1-11(8-12-6-4-5-7-13(12)20-3)16(2)14(17)9-21-10-15(18)19/h4-7,11H,8-10H2,1-3H3,(H,18,19). The maximum atomic E-state index is 12.0. The molecule has 0 radical (unpaired) electrons. The van der Waals surface area contributed by atoms with Gasteiger partial charge in [-0.15, -0.1) is 11.8 Å². The van der Waals surface area contributed by atoms with Gasteiger partial charge in [0.05, 0.1) is 18.6 Å². The van der Waals surface area contributed by atoms with Crippen LogP contribution >= 0.6 is 11.8 Å². The first-order chi connectivity index (χ1) is 9.95. The van der Waals surface area contributed by atoms with Crippen molar-refractivity contribution in [3.05, 3.63) is 29.8 Å². The second-order valence-corrected chi connectivity index (χ2v) is 5.74. The first kappa shape index (κ1) is 17.4. The zero-order chi connectivity index (χ0) is 15.8. The van der Waals surface area contributed by atoms with Gasteiger partial charge >= 0.3 is 5.97 Å². The lowest BCUT2D eigenvalue weighted by Gasteiger charge is -2.25. The number of carboxylic acid groups (broad SMARTS) is 1. The van der Waals surface area contributed by atoms with Gasteiger partial charge in [-0.1, -0.05) is 18.2 Å². The second kappa shape index (κ2) is 8.56. The summed E-state index contributed by atoms with van der Waals surface area (Å²) in [4.78, 5) is 24.1. The highest BCUT2D eigenvalue weighted by Gasteiger charge is 2.17. The van der Waals surface area contributed by atoms with E-state index in [4.69, 9.17) is 9.84 Å². The zero-order valence-corrected chi connectivity index (χ0v) is 13.4. The fourth-order valence-electron chi connectivity index (χ4n) is 1.90. The average Bonchev–Trinajstić information content (AvgIpc) is 2.46. The summed E-state index contributed by atoms with van der Waals surface area (Å²) < 4.78 is 5.30. The van der Waals surface area contributed by atoms with Gasteiger partial charge in [0.15, 0.2) is 0 Å². The molecule has 0 saturated carbocycles. The Morgan fingerprint density at radius 2 is 2.00 bits per heavy atom. The minimum atomic E-state index is -0.905. The Morgan fingerprint density at radius 3 is 2.62 bits per heavy atom. The lowest BCUT2D eigenvalue weighted by Crippen LogP contribution is -2.37. The lowest BCUT2D eigenvalue weighted by atomic mass is 10.1. The molecule has 1 unspecified atom stereocenters. The highest BCUT2D eigenvalue weighted by molar-refractivity contribution is 8.00. The predicted molar refractivity (Wildman–Crippen MR) is 83.9 cm³/mol. The lowest BCUT2D eigenvalue weighted by molar-refractivity contribution is -0.133. The molecule has 0 aliphatic heterocycles. The number of benzene rings is 1. The van der Waals surface area contributed by atoms with Gasteiger partial charge in [-0.3, -0.25) is 9.59 Å². The van der Waals surface area contributed by atoms with Gasteiger partial charge in [-0.05, 0) is 25.0 Å². The summed E-state index contributed by atoms with van der Waals surface area (Å²) in [6, 6.07) is 7.73. The molecule has 0 aromatic heterocycles. The number of para-hydroxylation sites is 1. The van der Waals surface area contributed by atoms with E-state index < -0.39 is 5.97 Å². The van der Waals surface area contributed by atoms with Crippen LogP contribution in [-0.4, -0.2) is 53.6 Å². The monoisotopic (exact) mass is 311 g/mol. The van der Waals surface area contributed by atoms with Gasteiger partial charge in [0.2, 0.25) is 5.91 Å². The molecular formula is C15H21NO4S. The maximum absolute atomic E-state index is 12.0. The molecule has 0 saturated heterocycles. The molecule has 1 aromatic rings. The van der Waals surface area contributed by atoms with E-state index >= 15 is 0 Å². The van der Waals surface area contributed by atoms with E-state index in [1.807, 2.05) is 31.2 Å². The number of thioether (sulfide) groups is 1. The van der Waals surface area contributed by atoms with Crippen LogP contribution in [0.4, 0.5) is 0 Å². The van der Waals surface area contributed by atoms with Crippen LogP contribution in [-0.2, 0) is 16.0 Å². The third-order valence-corrected chi connectivity index (χ3v) is 4.12. The van der Waals surface area contributed by atoms with Gasteiger partial charge in [0.1, 0.15) is 5.75 Å². The van der Waals surface area contributed by atoms with Crippen LogP contribution in [0, 0.1) is 0 Å². The number of amides is 1. The number of ether oxygens (including phenoxy) is 1. The molecule has 1 rings (SSSR count). The summed E-state index contributed by atoms with van der Waals surface area (Å²) in [5.41, 5.74) is 1.05. The highest BCUT2D eigenvalue weighted by Crippen LogP contribution is 2.20. The molecule has 0 fully saturated rings. The van der Waals surface area contributed by atoms with E-state index in [0.29, 0.717) is 6.42 Å². The molecule has 21 heavy (non-hydrogen) atoms. The molecular weight excluding hydrogens is 290 g/mol. The Kier molecular flexibility index (Phi) is 7.08. The Morgan fingerprint density at radius 1 is 1.33 bits per heavy atom. The minimum Gasteiger partial charge on any atom is -0.496 e. The van der Waals surface area contributed by atoms with Crippen molar-refractivity contribution in [3.63, 3.8) is 0 Å². The molecule has 1 atom stereocenters. The molecule has 0 aliphatic rings. The fraction of sp³-hybridized carbons (Fsp3) is 0.467. The van der Waals surface area contributed by atoms with Crippen molar-refractivity contribution in [2.75, 3.05) is 25.7 Å².